The second-order valence-corrected chi connectivity index (χ2v) is 6.31. The van der Waals surface area contributed by atoms with E-state index in [1.807, 2.05) is 32.0 Å². The lowest BCUT2D eigenvalue weighted by molar-refractivity contribution is 0.0817. The Morgan fingerprint density at radius 3 is 2.62 bits per heavy atom. The highest BCUT2D eigenvalue weighted by Crippen LogP contribution is 2.28. The monoisotopic (exact) mass is 349 g/mol. The lowest BCUT2D eigenvalue weighted by Crippen LogP contribution is -2.36. The number of hydrogen-bond donors (Lipinski definition) is 2. The average molecular weight is 350 g/mol. The summed E-state index contributed by atoms with van der Waals surface area (Å²) in [7, 11) is 1.76. The van der Waals surface area contributed by atoms with Gasteiger partial charge < -0.3 is 10.4 Å². The van der Waals surface area contributed by atoms with Gasteiger partial charge in [0.1, 0.15) is 5.69 Å². The highest BCUT2D eigenvalue weighted by molar-refractivity contribution is 6.33. The van der Waals surface area contributed by atoms with Gasteiger partial charge >= 0.3 is 0 Å². The maximum atomic E-state index is 12.5. The molecule has 0 saturated carbocycles. The van der Waals surface area contributed by atoms with Crippen LogP contribution in [0.2, 0.25) is 5.02 Å². The zero-order valence-electron chi connectivity index (χ0n) is 14.3. The number of aryl methyl sites for hydroxylation is 1. The van der Waals surface area contributed by atoms with Crippen molar-refractivity contribution in [2.75, 3.05) is 6.54 Å². The number of nitrogens with zero attached hydrogens (tertiary/aromatic N) is 2. The van der Waals surface area contributed by atoms with Crippen molar-refractivity contribution in [3.8, 4) is 11.3 Å². The van der Waals surface area contributed by atoms with Crippen molar-refractivity contribution < 1.29 is 9.90 Å². The van der Waals surface area contributed by atoms with Crippen LogP contribution in [0.3, 0.4) is 0 Å². The topological polar surface area (TPSA) is 67.2 Å². The molecule has 1 amide bonds. The van der Waals surface area contributed by atoms with Gasteiger partial charge in [-0.25, -0.2) is 0 Å². The van der Waals surface area contributed by atoms with E-state index < -0.39 is 6.10 Å². The second kappa shape index (κ2) is 8.31. The number of carbonyl (C=O) groups excluding carboxylic acids is 1. The van der Waals surface area contributed by atoms with Crippen LogP contribution in [0.1, 0.15) is 37.0 Å². The summed E-state index contributed by atoms with van der Waals surface area (Å²) in [5.41, 5.74) is 1.70. The molecule has 0 bridgehead atoms. The molecule has 0 radical (unpaired) electrons. The maximum Gasteiger partial charge on any atom is 0.255 e. The molecule has 0 spiro atoms. The van der Waals surface area contributed by atoms with Crippen molar-refractivity contribution in [1.29, 1.82) is 0 Å². The van der Waals surface area contributed by atoms with Crippen LogP contribution >= 0.6 is 11.6 Å². The van der Waals surface area contributed by atoms with Crippen LogP contribution in [0.25, 0.3) is 11.3 Å². The number of aromatic nitrogens is 2. The first-order valence-electron chi connectivity index (χ1n) is 8.22. The third-order valence-corrected chi connectivity index (χ3v) is 4.60. The van der Waals surface area contributed by atoms with E-state index in [0.717, 1.165) is 12.8 Å². The highest BCUT2D eigenvalue weighted by atomic mass is 35.5. The summed E-state index contributed by atoms with van der Waals surface area (Å²) < 4.78 is 1.59. The van der Waals surface area contributed by atoms with E-state index in [1.54, 1.807) is 24.0 Å². The smallest absolute Gasteiger partial charge is 0.255 e. The zero-order valence-corrected chi connectivity index (χ0v) is 15.0. The predicted molar refractivity (Wildman–Crippen MR) is 96.1 cm³/mol. The molecule has 2 N–H and O–H groups in total. The van der Waals surface area contributed by atoms with Crippen LogP contribution in [0.15, 0.2) is 30.5 Å². The largest absolute Gasteiger partial charge is 0.391 e. The number of rotatable bonds is 7. The molecule has 0 fully saturated rings. The van der Waals surface area contributed by atoms with Crippen molar-refractivity contribution in [2.45, 2.75) is 32.8 Å². The van der Waals surface area contributed by atoms with E-state index in [1.165, 1.54) is 0 Å². The Bertz CT molecular complexity index is 695. The van der Waals surface area contributed by atoms with Crippen LogP contribution in [0.5, 0.6) is 0 Å². The number of carbonyl (C=O) groups is 1. The van der Waals surface area contributed by atoms with Crippen molar-refractivity contribution >= 4 is 17.5 Å². The minimum Gasteiger partial charge on any atom is -0.391 e. The first kappa shape index (κ1) is 18.5. The van der Waals surface area contributed by atoms with Crippen molar-refractivity contribution in [3.63, 3.8) is 0 Å². The molecular weight excluding hydrogens is 326 g/mol. The summed E-state index contributed by atoms with van der Waals surface area (Å²) in [5, 5.41) is 17.9. The van der Waals surface area contributed by atoms with Crippen molar-refractivity contribution in [3.05, 3.63) is 41.0 Å². The minimum atomic E-state index is -0.551. The molecule has 0 aliphatic rings. The number of hydrogen-bond acceptors (Lipinski definition) is 3. The number of halogens is 1. The van der Waals surface area contributed by atoms with Crippen LogP contribution in [0.4, 0.5) is 0 Å². The maximum absolute atomic E-state index is 12.5. The molecule has 6 heteroatoms. The van der Waals surface area contributed by atoms with Crippen molar-refractivity contribution in [2.24, 2.45) is 13.0 Å². The van der Waals surface area contributed by atoms with E-state index >= 15 is 0 Å². The van der Waals surface area contributed by atoms with Crippen LogP contribution < -0.4 is 5.32 Å². The van der Waals surface area contributed by atoms with Gasteiger partial charge in [0.05, 0.1) is 16.7 Å². The normalized spacial score (nSPS) is 12.4. The Morgan fingerprint density at radius 1 is 1.33 bits per heavy atom. The van der Waals surface area contributed by atoms with Gasteiger partial charge in [0.25, 0.3) is 5.91 Å². The molecule has 0 aliphatic carbocycles. The molecule has 2 rings (SSSR count). The van der Waals surface area contributed by atoms with E-state index in [0.29, 0.717) is 21.8 Å². The van der Waals surface area contributed by atoms with Crippen LogP contribution in [-0.4, -0.2) is 33.4 Å². The van der Waals surface area contributed by atoms with E-state index in [9.17, 15) is 9.90 Å². The Labute approximate surface area is 147 Å². The molecule has 0 aliphatic heterocycles. The molecule has 130 valence electrons. The fourth-order valence-corrected chi connectivity index (χ4v) is 3.02. The highest BCUT2D eigenvalue weighted by Gasteiger charge is 2.21. The second-order valence-electron chi connectivity index (χ2n) is 5.90. The SMILES string of the molecule is CCC(CC)C(O)CNC(=O)c1cn(C)nc1-c1ccccc1Cl. The Hall–Kier alpha value is -1.85. The molecular formula is C18H24ClN3O2. The van der Waals surface area contributed by atoms with Gasteiger partial charge in [0.2, 0.25) is 0 Å². The number of nitrogens with one attached hydrogen (secondary N) is 1. The van der Waals surface area contributed by atoms with Gasteiger partial charge in [0.15, 0.2) is 0 Å². The van der Waals surface area contributed by atoms with Gasteiger partial charge in [-0.1, -0.05) is 56.5 Å². The Morgan fingerprint density at radius 2 is 2.00 bits per heavy atom. The van der Waals surface area contributed by atoms with Gasteiger partial charge in [-0.2, -0.15) is 5.10 Å². The van der Waals surface area contributed by atoms with Crippen molar-refractivity contribution in [1.82, 2.24) is 15.1 Å². The number of benzene rings is 1. The molecule has 1 atom stereocenters. The summed E-state index contributed by atoms with van der Waals surface area (Å²) in [6.07, 6.45) is 2.87. The predicted octanol–water partition coefficient (Wildman–Crippen LogP) is 3.27. The van der Waals surface area contributed by atoms with Crippen LogP contribution in [0, 0.1) is 5.92 Å². The summed E-state index contributed by atoms with van der Waals surface area (Å²) in [6, 6.07) is 7.29. The first-order chi connectivity index (χ1) is 11.5. The standard InChI is InChI=1S/C18H24ClN3O2/c1-4-12(5-2)16(23)10-20-18(24)14-11-22(3)21-17(14)13-8-6-7-9-15(13)19/h6-9,11-12,16,23H,4-5,10H2,1-3H3,(H,20,24). The van der Waals surface area contributed by atoms with Gasteiger partial charge in [-0.3, -0.25) is 9.48 Å². The number of amides is 1. The molecule has 1 heterocycles. The lowest BCUT2D eigenvalue weighted by Gasteiger charge is -2.20. The third-order valence-electron chi connectivity index (χ3n) is 4.27. The quantitative estimate of drug-likeness (QED) is 0.806. The Balaban J connectivity index is 2.18. The van der Waals surface area contributed by atoms with E-state index in [4.69, 9.17) is 11.6 Å². The van der Waals surface area contributed by atoms with E-state index in [2.05, 4.69) is 10.4 Å². The minimum absolute atomic E-state index is 0.183. The molecule has 2 aromatic rings. The fourth-order valence-electron chi connectivity index (χ4n) is 2.80. The zero-order chi connectivity index (χ0) is 17.7. The number of aliphatic hydroxyl groups is 1. The summed E-state index contributed by atoms with van der Waals surface area (Å²) >= 11 is 6.23. The fraction of sp³-hybridized carbons (Fsp3) is 0.444. The van der Waals surface area contributed by atoms with Gasteiger partial charge in [-0.05, 0) is 12.0 Å². The summed E-state index contributed by atoms with van der Waals surface area (Å²) in [5.74, 6) is -0.0785. The van der Waals surface area contributed by atoms with Gasteiger partial charge in [-0.15, -0.1) is 0 Å². The van der Waals surface area contributed by atoms with Gasteiger partial charge in [0, 0.05) is 25.4 Å². The van der Waals surface area contributed by atoms with Crippen LogP contribution in [-0.2, 0) is 7.05 Å². The summed E-state index contributed by atoms with van der Waals surface area (Å²) in [4.78, 5) is 12.5. The number of aliphatic hydroxyl groups excluding tert-OH is 1. The molecule has 5 nitrogen and oxygen atoms in total. The lowest BCUT2D eigenvalue weighted by atomic mass is 9.96. The Kier molecular flexibility index (Phi) is 6.40. The van der Waals surface area contributed by atoms with E-state index in [-0.39, 0.29) is 18.4 Å². The first-order valence-corrected chi connectivity index (χ1v) is 8.60. The average Bonchev–Trinajstić information content (AvgIpc) is 2.96. The third kappa shape index (κ3) is 4.16. The molecule has 1 aromatic carbocycles. The molecule has 1 unspecified atom stereocenters. The molecule has 1 aromatic heterocycles. The molecule has 0 saturated heterocycles. The molecule has 24 heavy (non-hydrogen) atoms. The summed E-state index contributed by atoms with van der Waals surface area (Å²) in [6.45, 7) is 4.30.